The Labute approximate surface area is 199 Å². The van der Waals surface area contributed by atoms with Gasteiger partial charge >= 0.3 is 0 Å². The van der Waals surface area contributed by atoms with Crippen molar-refractivity contribution in [3.8, 4) is 22.3 Å². The number of nitrogens with one attached hydrogen (secondary N) is 1. The first-order valence-electron chi connectivity index (χ1n) is 13.2. The van der Waals surface area contributed by atoms with E-state index in [-0.39, 0.29) is 5.41 Å². The Morgan fingerprint density at radius 3 is 1.85 bits per heavy atom. The van der Waals surface area contributed by atoms with Crippen LogP contribution < -0.4 is 5.32 Å². The van der Waals surface area contributed by atoms with E-state index < -0.39 is 0 Å². The molecule has 3 aromatic carbocycles. The van der Waals surface area contributed by atoms with Gasteiger partial charge in [-0.15, -0.1) is 0 Å². The lowest BCUT2D eigenvalue weighted by atomic mass is 9.63. The summed E-state index contributed by atoms with van der Waals surface area (Å²) in [6.45, 7) is 6.36. The molecule has 1 N–H and O–H groups in total. The summed E-state index contributed by atoms with van der Waals surface area (Å²) in [7, 11) is 0. The Morgan fingerprint density at radius 2 is 1.24 bits per heavy atom. The van der Waals surface area contributed by atoms with Gasteiger partial charge in [0.05, 0.1) is 0 Å². The minimum Gasteiger partial charge on any atom is -0.313 e. The summed E-state index contributed by atoms with van der Waals surface area (Å²) < 4.78 is 0. The van der Waals surface area contributed by atoms with Gasteiger partial charge in [-0.05, 0) is 76.9 Å². The standard InChI is InChI=1S/C32H37N/c1-32(2,24-16-9-10-17-24)30-29-26(23-14-7-4-8-15-23)20-19-25(22-12-5-3-6-13-22)28(29)27-18-11-21-33-31(27)30/h3-8,12-15,19-20,24,27,30-31,33H,9-11,16-18,21H2,1-2H3. The van der Waals surface area contributed by atoms with E-state index in [0.717, 1.165) is 12.5 Å². The number of hydrogen-bond acceptors (Lipinski definition) is 1. The first-order chi connectivity index (χ1) is 16.2. The van der Waals surface area contributed by atoms with E-state index in [2.05, 4.69) is 92.0 Å². The third-order valence-electron chi connectivity index (χ3n) is 9.21. The van der Waals surface area contributed by atoms with Crippen molar-refractivity contribution < 1.29 is 0 Å². The van der Waals surface area contributed by atoms with Crippen LogP contribution in [0.4, 0.5) is 0 Å². The zero-order valence-corrected chi connectivity index (χ0v) is 20.2. The molecule has 1 heterocycles. The van der Waals surface area contributed by atoms with Gasteiger partial charge in [0.1, 0.15) is 0 Å². The molecular weight excluding hydrogens is 398 g/mol. The predicted molar refractivity (Wildman–Crippen MR) is 140 cm³/mol. The Hall–Kier alpha value is -2.38. The third-order valence-corrected chi connectivity index (χ3v) is 9.21. The number of benzene rings is 3. The lowest BCUT2D eigenvalue weighted by Crippen LogP contribution is -2.46. The molecule has 1 saturated carbocycles. The summed E-state index contributed by atoms with van der Waals surface area (Å²) in [5.74, 6) is 1.99. The van der Waals surface area contributed by atoms with Gasteiger partial charge in [0.15, 0.2) is 0 Å². The molecule has 0 aromatic heterocycles. The number of hydrogen-bond donors (Lipinski definition) is 1. The van der Waals surface area contributed by atoms with E-state index in [1.165, 1.54) is 60.8 Å². The summed E-state index contributed by atoms with van der Waals surface area (Å²) in [5, 5.41) is 4.07. The van der Waals surface area contributed by atoms with Gasteiger partial charge in [0, 0.05) is 17.9 Å². The predicted octanol–water partition coefficient (Wildman–Crippen LogP) is 8.17. The highest BCUT2D eigenvalue weighted by atomic mass is 15.0. The average Bonchev–Trinajstić information content (AvgIpc) is 3.52. The van der Waals surface area contributed by atoms with Crippen molar-refractivity contribution in [3.05, 3.63) is 83.9 Å². The van der Waals surface area contributed by atoms with E-state index >= 15 is 0 Å². The highest BCUT2D eigenvalue weighted by molar-refractivity contribution is 5.80. The lowest BCUT2D eigenvalue weighted by Gasteiger charge is -2.44. The van der Waals surface area contributed by atoms with Crippen molar-refractivity contribution in [3.63, 3.8) is 0 Å². The molecule has 0 bridgehead atoms. The Kier molecular flexibility index (Phi) is 5.41. The second-order valence-corrected chi connectivity index (χ2v) is 11.2. The van der Waals surface area contributed by atoms with Crippen LogP contribution in [0.2, 0.25) is 0 Å². The van der Waals surface area contributed by atoms with Crippen molar-refractivity contribution in [1.82, 2.24) is 5.32 Å². The molecule has 6 rings (SSSR count). The second-order valence-electron chi connectivity index (χ2n) is 11.2. The number of piperidine rings is 1. The van der Waals surface area contributed by atoms with Crippen LogP contribution in [0.5, 0.6) is 0 Å². The molecule has 0 spiro atoms. The number of rotatable bonds is 4. The zero-order chi connectivity index (χ0) is 22.4. The molecular formula is C32H37N. The topological polar surface area (TPSA) is 12.0 Å². The van der Waals surface area contributed by atoms with E-state index in [9.17, 15) is 0 Å². The van der Waals surface area contributed by atoms with Crippen LogP contribution in [-0.4, -0.2) is 12.6 Å². The molecule has 3 aromatic rings. The summed E-state index contributed by atoms with van der Waals surface area (Å²) in [6, 6.07) is 27.7. The van der Waals surface area contributed by atoms with Crippen molar-refractivity contribution in [2.75, 3.05) is 6.54 Å². The molecule has 33 heavy (non-hydrogen) atoms. The maximum atomic E-state index is 4.07. The Bertz CT molecular complexity index is 1110. The van der Waals surface area contributed by atoms with Crippen LogP contribution in [0, 0.1) is 11.3 Å². The van der Waals surface area contributed by atoms with Crippen LogP contribution in [0.3, 0.4) is 0 Å². The summed E-state index contributed by atoms with van der Waals surface area (Å²) >= 11 is 0. The van der Waals surface area contributed by atoms with Gasteiger partial charge in [-0.1, -0.05) is 99.5 Å². The molecule has 3 aliphatic rings. The first-order valence-corrected chi connectivity index (χ1v) is 13.2. The van der Waals surface area contributed by atoms with E-state index in [1.54, 1.807) is 11.1 Å². The zero-order valence-electron chi connectivity index (χ0n) is 20.2. The van der Waals surface area contributed by atoms with Crippen LogP contribution >= 0.6 is 0 Å². The van der Waals surface area contributed by atoms with Gasteiger partial charge in [-0.25, -0.2) is 0 Å². The highest BCUT2D eigenvalue weighted by Gasteiger charge is 2.52. The van der Waals surface area contributed by atoms with E-state index in [1.807, 2.05) is 0 Å². The normalized spacial score (nSPS) is 25.1. The average molecular weight is 436 g/mol. The fraction of sp³-hybridized carbons (Fsp3) is 0.438. The van der Waals surface area contributed by atoms with Crippen LogP contribution in [-0.2, 0) is 0 Å². The first kappa shape index (κ1) is 21.2. The van der Waals surface area contributed by atoms with Gasteiger partial charge < -0.3 is 5.32 Å². The molecule has 1 heteroatoms. The van der Waals surface area contributed by atoms with Crippen LogP contribution in [0.15, 0.2) is 72.8 Å². The molecule has 2 fully saturated rings. The van der Waals surface area contributed by atoms with Crippen LogP contribution in [0.25, 0.3) is 22.3 Å². The molecule has 3 unspecified atom stereocenters. The van der Waals surface area contributed by atoms with Crippen molar-refractivity contribution in [2.24, 2.45) is 11.3 Å². The molecule has 0 amide bonds. The minimum atomic E-state index is 0.286. The molecule has 1 saturated heterocycles. The molecule has 170 valence electrons. The van der Waals surface area contributed by atoms with Crippen LogP contribution in [0.1, 0.15) is 75.3 Å². The van der Waals surface area contributed by atoms with Crippen molar-refractivity contribution in [2.45, 2.75) is 70.3 Å². The Morgan fingerprint density at radius 1 is 0.667 bits per heavy atom. The van der Waals surface area contributed by atoms with Gasteiger partial charge in [-0.2, -0.15) is 0 Å². The summed E-state index contributed by atoms with van der Waals surface area (Å²) in [6.07, 6.45) is 8.20. The highest BCUT2D eigenvalue weighted by Crippen LogP contribution is 2.61. The molecule has 0 radical (unpaired) electrons. The third kappa shape index (κ3) is 3.48. The Balaban J connectivity index is 1.62. The van der Waals surface area contributed by atoms with Gasteiger partial charge in [0.2, 0.25) is 0 Å². The minimum absolute atomic E-state index is 0.286. The summed E-state index contributed by atoms with van der Waals surface area (Å²) in [5.41, 5.74) is 9.27. The number of fused-ring (bicyclic) bond motifs is 3. The largest absolute Gasteiger partial charge is 0.313 e. The summed E-state index contributed by atoms with van der Waals surface area (Å²) in [4.78, 5) is 0. The fourth-order valence-corrected chi connectivity index (χ4v) is 7.63. The van der Waals surface area contributed by atoms with Crippen molar-refractivity contribution in [1.29, 1.82) is 0 Å². The van der Waals surface area contributed by atoms with E-state index in [0.29, 0.717) is 17.9 Å². The van der Waals surface area contributed by atoms with Crippen molar-refractivity contribution >= 4 is 0 Å². The second kappa shape index (κ2) is 8.44. The SMILES string of the molecule is CC(C)(C1CCCC1)C1c2c(-c3ccccc3)ccc(-c3ccccc3)c2C2CCCNC21. The quantitative estimate of drug-likeness (QED) is 0.436. The molecule has 1 aliphatic heterocycles. The molecule has 1 nitrogen and oxygen atoms in total. The fourth-order valence-electron chi connectivity index (χ4n) is 7.63. The molecule has 3 atom stereocenters. The van der Waals surface area contributed by atoms with Gasteiger partial charge in [-0.3, -0.25) is 0 Å². The van der Waals surface area contributed by atoms with Gasteiger partial charge in [0.25, 0.3) is 0 Å². The smallest absolute Gasteiger partial charge is 0.0210 e. The maximum Gasteiger partial charge on any atom is 0.0210 e. The lowest BCUT2D eigenvalue weighted by molar-refractivity contribution is 0.131. The monoisotopic (exact) mass is 435 g/mol. The maximum absolute atomic E-state index is 4.07. The molecule has 2 aliphatic carbocycles. The van der Waals surface area contributed by atoms with E-state index in [4.69, 9.17) is 0 Å².